The van der Waals surface area contributed by atoms with E-state index in [-0.39, 0.29) is 24.8 Å². The summed E-state index contributed by atoms with van der Waals surface area (Å²) in [4.78, 5) is 0. The van der Waals surface area contributed by atoms with Crippen molar-refractivity contribution in [1.29, 1.82) is 0 Å². The molecule has 0 spiro atoms. The van der Waals surface area contributed by atoms with Gasteiger partial charge in [-0.2, -0.15) is 11.6 Å². The molecule has 0 fully saturated rings. The average molecular weight is 726 g/mol. The Kier molecular flexibility index (Phi) is 15.3. The van der Waals surface area contributed by atoms with Crippen LogP contribution in [0, 0.1) is 17.4 Å². The zero-order chi connectivity index (χ0) is 29.4. The summed E-state index contributed by atoms with van der Waals surface area (Å²) in [6.07, 6.45) is 10.4. The Labute approximate surface area is 294 Å². The fourth-order valence-electron chi connectivity index (χ4n) is 4.81. The predicted octanol–water partition coefficient (Wildman–Crippen LogP) is 5.58. The smallest absolute Gasteiger partial charge is 0.0771 e. The minimum Gasteiger partial charge on any atom is -1.00 e. The molecule has 6 rings (SSSR count). The maximum atomic E-state index is 5.98. The number of hydrogen-bond acceptors (Lipinski definition) is 0. The van der Waals surface area contributed by atoms with Gasteiger partial charge in [0.05, 0.1) is 0 Å². The van der Waals surface area contributed by atoms with Gasteiger partial charge in [-0.15, -0.1) is 39.7 Å². The Morgan fingerprint density at radius 3 is 1.67 bits per heavy atom. The molecule has 0 N–H and O–H groups in total. The predicted molar refractivity (Wildman–Crippen MR) is 177 cm³/mol. The van der Waals surface area contributed by atoms with Gasteiger partial charge in [0.2, 0.25) is 0 Å². The van der Waals surface area contributed by atoms with Crippen molar-refractivity contribution in [2.45, 2.75) is 40.5 Å². The third kappa shape index (κ3) is 10.6. The number of fused-ring (bicyclic) bond motifs is 3. The Balaban J connectivity index is 0.000000222. The second kappa shape index (κ2) is 17.6. The van der Waals surface area contributed by atoms with E-state index in [0.29, 0.717) is 11.3 Å². The van der Waals surface area contributed by atoms with Crippen LogP contribution in [0.1, 0.15) is 51.7 Å². The fraction of sp³-hybridized carbons (Fsp3) is 0.211. The van der Waals surface area contributed by atoms with Crippen LogP contribution >= 0.6 is 23.2 Å². The van der Waals surface area contributed by atoms with Crippen LogP contribution in [0.4, 0.5) is 0 Å². The van der Waals surface area contributed by atoms with Gasteiger partial charge in [-0.1, -0.05) is 88.3 Å². The van der Waals surface area contributed by atoms with E-state index >= 15 is 0 Å². The van der Waals surface area contributed by atoms with Gasteiger partial charge in [0, 0.05) is 0 Å². The Hall–Kier alpha value is -1.86. The maximum Gasteiger partial charge on any atom is -0.0771 e. The van der Waals surface area contributed by atoms with Crippen molar-refractivity contribution in [3.63, 3.8) is 0 Å². The molecule has 222 valence electrons. The largest absolute Gasteiger partial charge is 1.00 e. The molecule has 0 aromatic heterocycles. The van der Waals surface area contributed by atoms with E-state index in [0.717, 1.165) is 21.2 Å². The van der Waals surface area contributed by atoms with E-state index in [9.17, 15) is 0 Å². The summed E-state index contributed by atoms with van der Waals surface area (Å²) in [5, 5.41) is 6.92. The van der Waals surface area contributed by atoms with Crippen molar-refractivity contribution in [2.75, 3.05) is 0 Å². The summed E-state index contributed by atoms with van der Waals surface area (Å²) < 4.78 is 1.26. The van der Waals surface area contributed by atoms with Crippen LogP contribution in [0.15, 0.2) is 121 Å². The summed E-state index contributed by atoms with van der Waals surface area (Å²) in [6, 6.07) is 35.1. The quantitative estimate of drug-likeness (QED) is 0.213. The Bertz CT molecular complexity index is 1590. The van der Waals surface area contributed by atoms with Gasteiger partial charge >= 0.3 is 120 Å². The second-order valence-corrected chi connectivity index (χ2v) is 13.4. The number of hydrogen-bond donors (Lipinski definition) is 0. The summed E-state index contributed by atoms with van der Waals surface area (Å²) in [5.41, 5.74) is 4.07. The minimum atomic E-state index is 0. The van der Waals surface area contributed by atoms with E-state index in [1.165, 1.54) is 67.4 Å². The van der Waals surface area contributed by atoms with Crippen LogP contribution in [0.5, 0.6) is 0 Å². The van der Waals surface area contributed by atoms with Gasteiger partial charge < -0.3 is 24.8 Å². The molecule has 0 nitrogen and oxygen atoms in total. The zero-order valence-electron chi connectivity index (χ0n) is 25.0. The number of benzene rings is 4. The van der Waals surface area contributed by atoms with Crippen LogP contribution in [-0.2, 0) is 24.2 Å². The van der Waals surface area contributed by atoms with Gasteiger partial charge in [0.1, 0.15) is 0 Å². The van der Waals surface area contributed by atoms with E-state index in [4.69, 9.17) is 23.2 Å². The zero-order valence-corrected chi connectivity index (χ0v) is 30.5. The standard InChI is InChI=1S/C13H8Cl2.C13H9.C12H19.2ClH.Zr/c14-12-5-1-3-10(8-12)7-11-4-2-6-13(15)9-11;1-3-7-12-10(5-1)9-11-6-2-4-8-13(11)12;1-5-6-10-7-8-11(9-10)12(2,3)4;;;/h1-6,8-9H;1-9H;8-10H,5-6H2,1-4H3;2*1H;/q;2*-1;;;+2/p-2. The first-order valence-corrected chi connectivity index (χ1v) is 16.1. The Morgan fingerprint density at radius 2 is 1.26 bits per heavy atom. The first-order valence-electron chi connectivity index (χ1n) is 14.1. The van der Waals surface area contributed by atoms with Crippen LogP contribution in [-0.4, -0.2) is 3.21 Å². The maximum absolute atomic E-state index is 5.98. The van der Waals surface area contributed by atoms with Gasteiger partial charge in [0.25, 0.3) is 0 Å². The van der Waals surface area contributed by atoms with Crippen molar-refractivity contribution < 1.29 is 49.0 Å². The molecule has 5 aromatic carbocycles. The van der Waals surface area contributed by atoms with Crippen LogP contribution in [0.25, 0.3) is 21.5 Å². The minimum absolute atomic E-state index is 0. The molecule has 0 amide bonds. The third-order valence-corrected chi connectivity index (χ3v) is 8.94. The topological polar surface area (TPSA) is 0 Å². The molecule has 43 heavy (non-hydrogen) atoms. The first-order chi connectivity index (χ1) is 19.7. The molecule has 1 atom stereocenters. The van der Waals surface area contributed by atoms with Crippen LogP contribution < -0.4 is 24.8 Å². The molecular weight excluding hydrogens is 689 g/mol. The molecule has 0 bridgehead atoms. The van der Waals surface area contributed by atoms with Crippen molar-refractivity contribution >= 4 is 48.0 Å². The normalized spacial score (nSPS) is 13.6. The molecule has 5 aromatic rings. The van der Waals surface area contributed by atoms with Gasteiger partial charge in [0.15, 0.2) is 0 Å². The first kappa shape index (κ1) is 37.3. The number of rotatable bonds is 4. The molecular formula is C38H36Cl4Zr-2. The van der Waals surface area contributed by atoms with Crippen molar-refractivity contribution in [2.24, 2.45) is 11.3 Å². The molecule has 1 unspecified atom stereocenters. The Morgan fingerprint density at radius 1 is 0.767 bits per heavy atom. The summed E-state index contributed by atoms with van der Waals surface area (Å²) >= 11 is 13.3. The van der Waals surface area contributed by atoms with Crippen LogP contribution in [0.3, 0.4) is 0 Å². The average Bonchev–Trinajstić information content (AvgIpc) is 3.59. The molecule has 0 radical (unpaired) electrons. The van der Waals surface area contributed by atoms with Crippen LogP contribution in [0.2, 0.25) is 10.0 Å². The molecule has 0 saturated carbocycles. The number of allylic oxidation sites excluding steroid dienone is 4. The molecule has 5 heteroatoms. The second-order valence-electron chi connectivity index (χ2n) is 11.3. The van der Waals surface area contributed by atoms with E-state index in [2.05, 4.69) is 113 Å². The molecule has 1 aliphatic carbocycles. The van der Waals surface area contributed by atoms with E-state index in [1.54, 1.807) is 0 Å². The summed E-state index contributed by atoms with van der Waals surface area (Å²) in [5.74, 6) is 0.587. The van der Waals surface area contributed by atoms with Gasteiger partial charge in [-0.05, 0) is 0 Å². The molecule has 0 heterocycles. The molecule has 1 aliphatic rings. The van der Waals surface area contributed by atoms with Gasteiger partial charge in [-0.25, -0.2) is 6.08 Å². The van der Waals surface area contributed by atoms with Crippen molar-refractivity contribution in [3.05, 3.63) is 148 Å². The SMILES string of the molecule is CCCC1[C-]=CC(C(C)(C)C)=C1.Clc1cccc([C](=[Zr+2])c2cccc(Cl)c2)c1.[Cl-].[Cl-].c1ccc2c(c1)[cH-]c1ccccc12. The van der Waals surface area contributed by atoms with Gasteiger partial charge in [-0.3, -0.25) is 6.08 Å². The summed E-state index contributed by atoms with van der Waals surface area (Å²) in [7, 11) is 0. The number of halogens is 4. The third-order valence-electron chi connectivity index (χ3n) is 7.05. The van der Waals surface area contributed by atoms with E-state index in [1.807, 2.05) is 36.4 Å². The van der Waals surface area contributed by atoms with Crippen molar-refractivity contribution in [1.82, 2.24) is 0 Å². The van der Waals surface area contributed by atoms with E-state index < -0.39 is 0 Å². The summed E-state index contributed by atoms with van der Waals surface area (Å²) in [6.45, 7) is 8.99. The fourth-order valence-corrected chi connectivity index (χ4v) is 5.96. The molecule has 0 saturated heterocycles. The molecule has 0 aliphatic heterocycles. The van der Waals surface area contributed by atoms with Crippen molar-refractivity contribution in [3.8, 4) is 0 Å². The monoisotopic (exact) mass is 722 g/mol.